The second-order valence-electron chi connectivity index (χ2n) is 7.24. The fourth-order valence-corrected chi connectivity index (χ4v) is 3.61. The van der Waals surface area contributed by atoms with Crippen molar-refractivity contribution < 1.29 is 4.74 Å². The van der Waals surface area contributed by atoms with Crippen LogP contribution in [0.15, 0.2) is 28.7 Å². The number of hydrogen-bond acceptors (Lipinski definition) is 2. The van der Waals surface area contributed by atoms with Crippen LogP contribution in [0.5, 0.6) is 0 Å². The largest absolute Gasteiger partial charge is 0.377 e. The standard InChI is InChI=1S/C18H28BrNO/c1-12(2)11-21-17-10-16(18(17,4)5)20-13(3)14-8-6-7-9-15(14)19/h6-9,12-13,16-17,20H,10-11H2,1-5H3/t13-,16?,17?/m1/s1. The van der Waals surface area contributed by atoms with Crippen molar-refractivity contribution in [2.45, 2.75) is 59.2 Å². The molecule has 3 heteroatoms. The average Bonchev–Trinajstić information content (AvgIpc) is 2.41. The zero-order valence-corrected chi connectivity index (χ0v) is 15.4. The molecule has 0 aliphatic heterocycles. The van der Waals surface area contributed by atoms with Crippen LogP contribution in [0.1, 0.15) is 52.6 Å². The van der Waals surface area contributed by atoms with E-state index in [4.69, 9.17) is 4.74 Å². The summed E-state index contributed by atoms with van der Waals surface area (Å²) in [6, 6.07) is 9.30. The molecule has 118 valence electrons. The highest BCUT2D eigenvalue weighted by atomic mass is 79.9. The lowest BCUT2D eigenvalue weighted by Gasteiger charge is -2.53. The minimum absolute atomic E-state index is 0.199. The molecule has 2 rings (SSSR count). The Morgan fingerprint density at radius 2 is 1.95 bits per heavy atom. The maximum Gasteiger partial charge on any atom is 0.0656 e. The number of nitrogens with one attached hydrogen (secondary N) is 1. The van der Waals surface area contributed by atoms with Crippen LogP contribution in [0.3, 0.4) is 0 Å². The molecule has 1 aromatic carbocycles. The smallest absolute Gasteiger partial charge is 0.0656 e. The second kappa shape index (κ2) is 6.80. The maximum absolute atomic E-state index is 6.05. The van der Waals surface area contributed by atoms with Crippen LogP contribution in [-0.2, 0) is 4.74 Å². The molecular formula is C18H28BrNO. The minimum atomic E-state index is 0.199. The van der Waals surface area contributed by atoms with Crippen molar-refractivity contribution in [2.24, 2.45) is 11.3 Å². The molecular weight excluding hydrogens is 326 g/mol. The van der Waals surface area contributed by atoms with E-state index < -0.39 is 0 Å². The Morgan fingerprint density at radius 1 is 1.29 bits per heavy atom. The molecule has 0 heterocycles. The first-order valence-electron chi connectivity index (χ1n) is 7.94. The Bertz CT molecular complexity index is 472. The highest BCUT2D eigenvalue weighted by molar-refractivity contribution is 9.10. The van der Waals surface area contributed by atoms with Crippen LogP contribution in [0.25, 0.3) is 0 Å². The Balaban J connectivity index is 1.92. The molecule has 1 aliphatic carbocycles. The van der Waals surface area contributed by atoms with Crippen LogP contribution in [0.4, 0.5) is 0 Å². The van der Waals surface area contributed by atoms with Crippen molar-refractivity contribution in [3.63, 3.8) is 0 Å². The summed E-state index contributed by atoms with van der Waals surface area (Å²) in [5.74, 6) is 0.604. The Hall–Kier alpha value is -0.380. The van der Waals surface area contributed by atoms with Gasteiger partial charge < -0.3 is 10.1 Å². The molecule has 0 bridgehead atoms. The molecule has 0 aromatic heterocycles. The van der Waals surface area contributed by atoms with Crippen LogP contribution in [0.2, 0.25) is 0 Å². The summed E-state index contributed by atoms with van der Waals surface area (Å²) in [4.78, 5) is 0. The average molecular weight is 354 g/mol. The highest BCUT2D eigenvalue weighted by Gasteiger charge is 2.49. The molecule has 0 amide bonds. The Morgan fingerprint density at radius 3 is 2.52 bits per heavy atom. The molecule has 0 saturated heterocycles. The van der Waals surface area contributed by atoms with Crippen molar-refractivity contribution >= 4 is 15.9 Å². The zero-order chi connectivity index (χ0) is 15.6. The molecule has 1 aromatic rings. The van der Waals surface area contributed by atoms with Gasteiger partial charge in [0.1, 0.15) is 0 Å². The summed E-state index contributed by atoms with van der Waals surface area (Å²) in [5.41, 5.74) is 1.52. The number of halogens is 1. The van der Waals surface area contributed by atoms with E-state index in [2.05, 4.69) is 80.1 Å². The number of benzene rings is 1. The van der Waals surface area contributed by atoms with Crippen molar-refractivity contribution in [1.29, 1.82) is 0 Å². The first-order valence-corrected chi connectivity index (χ1v) is 8.73. The van der Waals surface area contributed by atoms with Gasteiger partial charge in [0, 0.05) is 28.6 Å². The van der Waals surface area contributed by atoms with Gasteiger partial charge in [0.2, 0.25) is 0 Å². The SMILES string of the molecule is CC(C)COC1CC(N[C@H](C)c2ccccc2Br)C1(C)C. The molecule has 1 N–H and O–H groups in total. The van der Waals surface area contributed by atoms with E-state index in [9.17, 15) is 0 Å². The predicted molar refractivity (Wildman–Crippen MR) is 92.5 cm³/mol. The predicted octanol–water partition coefficient (Wildman–Crippen LogP) is 4.94. The minimum Gasteiger partial charge on any atom is -0.377 e. The normalized spacial score (nSPS) is 25.7. The van der Waals surface area contributed by atoms with Gasteiger partial charge in [-0.15, -0.1) is 0 Å². The van der Waals surface area contributed by atoms with Gasteiger partial charge in [-0.3, -0.25) is 0 Å². The third-order valence-electron chi connectivity index (χ3n) is 4.63. The van der Waals surface area contributed by atoms with Crippen LogP contribution in [0, 0.1) is 11.3 Å². The maximum atomic E-state index is 6.05. The highest BCUT2D eigenvalue weighted by Crippen LogP contribution is 2.44. The summed E-state index contributed by atoms with van der Waals surface area (Å²) in [7, 11) is 0. The third-order valence-corrected chi connectivity index (χ3v) is 5.35. The van der Waals surface area contributed by atoms with Crippen molar-refractivity contribution in [1.82, 2.24) is 5.32 Å². The molecule has 2 unspecified atom stereocenters. The Labute approximate surface area is 137 Å². The van der Waals surface area contributed by atoms with Crippen LogP contribution >= 0.6 is 15.9 Å². The van der Waals surface area contributed by atoms with E-state index in [-0.39, 0.29) is 5.41 Å². The molecule has 21 heavy (non-hydrogen) atoms. The summed E-state index contributed by atoms with van der Waals surface area (Å²) < 4.78 is 7.22. The first-order chi connectivity index (χ1) is 9.82. The van der Waals surface area contributed by atoms with Gasteiger partial charge in [-0.25, -0.2) is 0 Å². The van der Waals surface area contributed by atoms with E-state index in [1.54, 1.807) is 0 Å². The monoisotopic (exact) mass is 353 g/mol. The van der Waals surface area contributed by atoms with E-state index in [1.165, 1.54) is 10.0 Å². The lowest BCUT2D eigenvalue weighted by molar-refractivity contribution is -0.125. The molecule has 2 nitrogen and oxygen atoms in total. The number of hydrogen-bond donors (Lipinski definition) is 1. The van der Waals surface area contributed by atoms with Gasteiger partial charge in [0.05, 0.1) is 6.10 Å². The molecule has 3 atom stereocenters. The van der Waals surface area contributed by atoms with Gasteiger partial charge in [-0.2, -0.15) is 0 Å². The topological polar surface area (TPSA) is 21.3 Å². The summed E-state index contributed by atoms with van der Waals surface area (Å²) >= 11 is 3.64. The quantitative estimate of drug-likeness (QED) is 0.781. The fourth-order valence-electron chi connectivity index (χ4n) is 2.98. The van der Waals surface area contributed by atoms with E-state index in [0.29, 0.717) is 24.1 Å². The van der Waals surface area contributed by atoms with Crippen LogP contribution in [-0.4, -0.2) is 18.8 Å². The summed E-state index contributed by atoms with van der Waals surface area (Å²) in [6.45, 7) is 12.1. The lowest BCUT2D eigenvalue weighted by Crippen LogP contribution is -2.61. The first kappa shape index (κ1) is 17.0. The van der Waals surface area contributed by atoms with Crippen molar-refractivity contribution in [2.75, 3.05) is 6.61 Å². The van der Waals surface area contributed by atoms with Crippen LogP contribution < -0.4 is 5.32 Å². The van der Waals surface area contributed by atoms with Gasteiger partial charge in [0.25, 0.3) is 0 Å². The molecule has 1 aliphatic rings. The molecule has 1 fully saturated rings. The third kappa shape index (κ3) is 3.88. The van der Waals surface area contributed by atoms with Gasteiger partial charge >= 0.3 is 0 Å². The van der Waals surface area contributed by atoms with E-state index in [0.717, 1.165) is 13.0 Å². The van der Waals surface area contributed by atoms with Crippen molar-refractivity contribution in [3.05, 3.63) is 34.3 Å². The second-order valence-corrected chi connectivity index (χ2v) is 8.09. The van der Waals surface area contributed by atoms with E-state index in [1.807, 2.05) is 0 Å². The van der Waals surface area contributed by atoms with Gasteiger partial charge in [-0.1, -0.05) is 61.8 Å². The van der Waals surface area contributed by atoms with E-state index >= 15 is 0 Å². The summed E-state index contributed by atoms with van der Waals surface area (Å²) in [6.07, 6.45) is 1.48. The number of ether oxygens (including phenoxy) is 1. The fraction of sp³-hybridized carbons (Fsp3) is 0.667. The van der Waals surface area contributed by atoms with Gasteiger partial charge in [-0.05, 0) is 30.9 Å². The lowest BCUT2D eigenvalue weighted by atomic mass is 9.64. The number of rotatable bonds is 6. The molecule has 0 radical (unpaired) electrons. The summed E-state index contributed by atoms with van der Waals surface area (Å²) in [5, 5.41) is 3.77. The van der Waals surface area contributed by atoms with Gasteiger partial charge in [0.15, 0.2) is 0 Å². The zero-order valence-electron chi connectivity index (χ0n) is 13.8. The molecule has 0 spiro atoms. The van der Waals surface area contributed by atoms with Crippen molar-refractivity contribution in [3.8, 4) is 0 Å². The Kier molecular flexibility index (Phi) is 5.50. The molecule has 1 saturated carbocycles.